The molecule has 2 amide bonds. The molecule has 2 saturated heterocycles. The van der Waals surface area contributed by atoms with Gasteiger partial charge in [0.25, 0.3) is 0 Å². The van der Waals surface area contributed by atoms with Crippen LogP contribution in [0.5, 0.6) is 0 Å². The molecular formula is C11H19N3O3. The van der Waals surface area contributed by atoms with Crippen LogP contribution in [0.3, 0.4) is 0 Å². The van der Waals surface area contributed by atoms with Crippen LogP contribution < -0.4 is 5.32 Å². The van der Waals surface area contributed by atoms with E-state index in [1.54, 1.807) is 6.92 Å². The Morgan fingerprint density at radius 1 is 1.53 bits per heavy atom. The van der Waals surface area contributed by atoms with Crippen LogP contribution in [0.25, 0.3) is 0 Å². The molecule has 2 aliphatic heterocycles. The summed E-state index contributed by atoms with van der Waals surface area (Å²) < 4.78 is 0. The van der Waals surface area contributed by atoms with Gasteiger partial charge in [0, 0.05) is 13.1 Å². The van der Waals surface area contributed by atoms with Gasteiger partial charge in [-0.05, 0) is 32.9 Å². The van der Waals surface area contributed by atoms with Crippen LogP contribution in [0, 0.1) is 5.92 Å². The zero-order valence-corrected chi connectivity index (χ0v) is 10.2. The lowest BCUT2D eigenvalue weighted by molar-refractivity contribution is -0.141. The molecule has 0 spiro atoms. The van der Waals surface area contributed by atoms with Crippen LogP contribution >= 0.6 is 0 Å². The monoisotopic (exact) mass is 241 g/mol. The Hall–Kier alpha value is -1.30. The molecule has 3 atom stereocenters. The van der Waals surface area contributed by atoms with E-state index in [1.807, 2.05) is 0 Å². The Balaban J connectivity index is 1.97. The van der Waals surface area contributed by atoms with Crippen LogP contribution in [0.1, 0.15) is 13.3 Å². The van der Waals surface area contributed by atoms with Gasteiger partial charge in [-0.25, -0.2) is 9.59 Å². The molecule has 2 aliphatic rings. The van der Waals surface area contributed by atoms with Gasteiger partial charge in [0.15, 0.2) is 0 Å². The molecule has 2 heterocycles. The minimum atomic E-state index is -0.954. The van der Waals surface area contributed by atoms with Crippen molar-refractivity contribution >= 4 is 12.0 Å². The fraction of sp³-hybridized carbons (Fsp3) is 0.818. The number of nitrogens with zero attached hydrogens (tertiary/aromatic N) is 2. The molecule has 6 heteroatoms. The third kappa shape index (κ3) is 2.36. The first-order valence-corrected chi connectivity index (χ1v) is 5.97. The maximum Gasteiger partial charge on any atom is 0.326 e. The molecule has 0 radical (unpaired) electrons. The fourth-order valence-electron chi connectivity index (χ4n) is 2.61. The van der Waals surface area contributed by atoms with E-state index in [1.165, 1.54) is 4.90 Å². The maximum absolute atomic E-state index is 11.7. The molecular weight excluding hydrogens is 222 g/mol. The standard InChI is InChI=1S/C11H19N3O3/c1-7(10(15)16)14-6-9(12-11(14)17)8-3-4-13(2)5-8/h7-9H,3-6H2,1-2H3,(H,12,17)(H,15,16). The van der Waals surface area contributed by atoms with E-state index in [-0.39, 0.29) is 12.1 Å². The summed E-state index contributed by atoms with van der Waals surface area (Å²) in [5.41, 5.74) is 0. The summed E-state index contributed by atoms with van der Waals surface area (Å²) in [7, 11) is 2.06. The Labute approximate surface area is 101 Å². The average molecular weight is 241 g/mol. The van der Waals surface area contributed by atoms with Gasteiger partial charge in [-0.15, -0.1) is 0 Å². The molecule has 0 bridgehead atoms. The summed E-state index contributed by atoms with van der Waals surface area (Å²) in [5.74, 6) is -0.515. The average Bonchev–Trinajstić information content (AvgIpc) is 2.83. The minimum absolute atomic E-state index is 0.0919. The normalized spacial score (nSPS) is 31.6. The minimum Gasteiger partial charge on any atom is -0.480 e. The number of rotatable bonds is 3. The van der Waals surface area contributed by atoms with Crippen LogP contribution in [0.2, 0.25) is 0 Å². The van der Waals surface area contributed by atoms with Crippen LogP contribution in [0.4, 0.5) is 4.79 Å². The summed E-state index contributed by atoms with van der Waals surface area (Å²) in [5, 5.41) is 11.8. The molecule has 2 fully saturated rings. The summed E-state index contributed by atoms with van der Waals surface area (Å²) in [6, 6.07) is -0.909. The molecule has 2 rings (SSSR count). The van der Waals surface area contributed by atoms with Gasteiger partial charge in [0.2, 0.25) is 0 Å². The van der Waals surface area contributed by atoms with Crippen molar-refractivity contribution in [3.05, 3.63) is 0 Å². The molecule has 3 unspecified atom stereocenters. The predicted octanol–water partition coefficient (Wildman–Crippen LogP) is -0.195. The number of carboxylic acids is 1. The van der Waals surface area contributed by atoms with Crippen molar-refractivity contribution in [3.63, 3.8) is 0 Å². The quantitative estimate of drug-likeness (QED) is 0.718. The van der Waals surface area contributed by atoms with Crippen molar-refractivity contribution in [2.24, 2.45) is 5.92 Å². The SMILES string of the molecule is CC(C(=O)O)N1CC(C2CCN(C)C2)NC1=O. The topological polar surface area (TPSA) is 72.9 Å². The molecule has 0 aromatic carbocycles. The van der Waals surface area contributed by atoms with Gasteiger partial charge in [-0.1, -0.05) is 0 Å². The number of amides is 2. The number of hydrogen-bond acceptors (Lipinski definition) is 3. The van der Waals surface area contributed by atoms with Crippen molar-refractivity contribution in [1.29, 1.82) is 0 Å². The van der Waals surface area contributed by atoms with Gasteiger partial charge < -0.3 is 20.2 Å². The van der Waals surface area contributed by atoms with Crippen molar-refractivity contribution in [2.45, 2.75) is 25.4 Å². The van der Waals surface area contributed by atoms with Crippen molar-refractivity contribution in [2.75, 3.05) is 26.7 Å². The number of carboxylic acid groups (broad SMARTS) is 1. The zero-order valence-electron chi connectivity index (χ0n) is 10.2. The van der Waals surface area contributed by atoms with Gasteiger partial charge in [0.05, 0.1) is 6.04 Å². The Morgan fingerprint density at radius 2 is 2.24 bits per heavy atom. The Morgan fingerprint density at radius 3 is 2.76 bits per heavy atom. The number of carbonyl (C=O) groups is 2. The van der Waals surface area contributed by atoms with Gasteiger partial charge in [-0.2, -0.15) is 0 Å². The van der Waals surface area contributed by atoms with Crippen LogP contribution in [-0.4, -0.2) is 65.7 Å². The largest absolute Gasteiger partial charge is 0.480 e. The molecule has 0 saturated carbocycles. The number of urea groups is 1. The molecule has 0 aromatic heterocycles. The highest BCUT2D eigenvalue weighted by molar-refractivity contribution is 5.84. The number of hydrogen-bond donors (Lipinski definition) is 2. The molecule has 6 nitrogen and oxygen atoms in total. The second-order valence-corrected chi connectivity index (χ2v) is 5.03. The van der Waals surface area contributed by atoms with E-state index in [0.29, 0.717) is 12.5 Å². The third-order valence-electron chi connectivity index (χ3n) is 3.78. The highest BCUT2D eigenvalue weighted by atomic mass is 16.4. The Bertz CT molecular complexity index is 334. The van der Waals surface area contributed by atoms with E-state index >= 15 is 0 Å². The summed E-state index contributed by atoms with van der Waals surface area (Å²) in [6.07, 6.45) is 1.07. The molecule has 17 heavy (non-hydrogen) atoms. The molecule has 0 aromatic rings. The predicted molar refractivity (Wildman–Crippen MR) is 61.7 cm³/mol. The lowest BCUT2D eigenvalue weighted by Crippen LogP contribution is -2.41. The van der Waals surface area contributed by atoms with E-state index < -0.39 is 12.0 Å². The first-order valence-electron chi connectivity index (χ1n) is 5.97. The first-order chi connectivity index (χ1) is 7.99. The first kappa shape index (κ1) is 12.2. The van der Waals surface area contributed by atoms with E-state index in [9.17, 15) is 9.59 Å². The Kier molecular flexibility index (Phi) is 3.24. The van der Waals surface area contributed by atoms with Crippen LogP contribution in [-0.2, 0) is 4.79 Å². The number of aliphatic carboxylic acids is 1. The zero-order chi connectivity index (χ0) is 12.6. The molecule has 2 N–H and O–H groups in total. The van der Waals surface area contributed by atoms with Gasteiger partial charge >= 0.3 is 12.0 Å². The summed E-state index contributed by atoms with van der Waals surface area (Å²) in [6.45, 7) is 4.07. The second kappa shape index (κ2) is 4.52. The highest BCUT2D eigenvalue weighted by Gasteiger charge is 2.39. The van der Waals surface area contributed by atoms with Gasteiger partial charge in [-0.3, -0.25) is 0 Å². The van der Waals surface area contributed by atoms with Crippen molar-refractivity contribution in [3.8, 4) is 0 Å². The van der Waals surface area contributed by atoms with E-state index in [4.69, 9.17) is 5.11 Å². The second-order valence-electron chi connectivity index (χ2n) is 5.03. The number of carbonyl (C=O) groups excluding carboxylic acids is 1. The lowest BCUT2D eigenvalue weighted by atomic mass is 9.99. The lowest BCUT2D eigenvalue weighted by Gasteiger charge is -2.21. The molecule has 96 valence electrons. The summed E-state index contributed by atoms with van der Waals surface area (Å²) in [4.78, 5) is 26.2. The third-order valence-corrected chi connectivity index (χ3v) is 3.78. The summed E-state index contributed by atoms with van der Waals surface area (Å²) >= 11 is 0. The van der Waals surface area contributed by atoms with Crippen molar-refractivity contribution in [1.82, 2.24) is 15.1 Å². The van der Waals surface area contributed by atoms with Gasteiger partial charge in [0.1, 0.15) is 6.04 Å². The molecule has 0 aliphatic carbocycles. The fourth-order valence-corrected chi connectivity index (χ4v) is 2.61. The number of nitrogens with one attached hydrogen (secondary N) is 1. The highest BCUT2D eigenvalue weighted by Crippen LogP contribution is 2.23. The van der Waals surface area contributed by atoms with E-state index in [2.05, 4.69) is 17.3 Å². The number of likely N-dealkylation sites (tertiary alicyclic amines) is 1. The van der Waals surface area contributed by atoms with Crippen LogP contribution in [0.15, 0.2) is 0 Å². The van der Waals surface area contributed by atoms with E-state index in [0.717, 1.165) is 19.5 Å². The smallest absolute Gasteiger partial charge is 0.326 e. The maximum atomic E-state index is 11.7. The van der Waals surface area contributed by atoms with Crippen molar-refractivity contribution < 1.29 is 14.7 Å².